The third kappa shape index (κ3) is 3.25. The van der Waals surface area contributed by atoms with Crippen LogP contribution in [0.3, 0.4) is 0 Å². The van der Waals surface area contributed by atoms with Gasteiger partial charge in [-0.3, -0.25) is 20.1 Å². The molecule has 0 saturated carbocycles. The van der Waals surface area contributed by atoms with Crippen LogP contribution in [0.2, 0.25) is 0 Å². The lowest BCUT2D eigenvalue weighted by Crippen LogP contribution is -2.03. The van der Waals surface area contributed by atoms with Gasteiger partial charge in [-0.25, -0.2) is 0 Å². The zero-order chi connectivity index (χ0) is 13.8. The molecule has 98 valence electrons. The van der Waals surface area contributed by atoms with Crippen molar-refractivity contribution >= 4 is 11.4 Å². The first kappa shape index (κ1) is 12.9. The molecular formula is C13H14N4O2. The fourth-order valence-electron chi connectivity index (χ4n) is 1.62. The molecule has 0 aliphatic rings. The van der Waals surface area contributed by atoms with Crippen LogP contribution in [0.15, 0.2) is 30.6 Å². The highest BCUT2D eigenvalue weighted by Crippen LogP contribution is 2.22. The molecule has 1 aromatic carbocycles. The zero-order valence-corrected chi connectivity index (χ0v) is 10.8. The normalized spacial score (nSPS) is 10.2. The molecule has 2 rings (SSSR count). The highest BCUT2D eigenvalue weighted by molar-refractivity contribution is 5.54. The Morgan fingerprint density at radius 2 is 2.05 bits per heavy atom. The van der Waals surface area contributed by atoms with E-state index in [9.17, 15) is 10.1 Å². The summed E-state index contributed by atoms with van der Waals surface area (Å²) in [4.78, 5) is 18.8. The van der Waals surface area contributed by atoms with E-state index in [2.05, 4.69) is 15.3 Å². The Kier molecular flexibility index (Phi) is 3.70. The van der Waals surface area contributed by atoms with Crippen LogP contribution in [0, 0.1) is 24.0 Å². The predicted octanol–water partition coefficient (Wildman–Crippen LogP) is 2.61. The van der Waals surface area contributed by atoms with Crippen LogP contribution >= 0.6 is 0 Å². The first-order chi connectivity index (χ1) is 9.06. The van der Waals surface area contributed by atoms with Gasteiger partial charge in [-0.05, 0) is 19.9 Å². The van der Waals surface area contributed by atoms with Crippen LogP contribution in [0.4, 0.5) is 11.4 Å². The van der Waals surface area contributed by atoms with E-state index in [1.807, 2.05) is 13.0 Å². The summed E-state index contributed by atoms with van der Waals surface area (Å²) in [7, 11) is 0. The summed E-state index contributed by atoms with van der Waals surface area (Å²) < 4.78 is 0. The third-order valence-corrected chi connectivity index (χ3v) is 2.71. The number of anilines is 1. The molecule has 0 unspecified atom stereocenters. The molecule has 0 aliphatic carbocycles. The predicted molar refractivity (Wildman–Crippen MR) is 71.9 cm³/mol. The van der Waals surface area contributed by atoms with E-state index in [1.165, 1.54) is 6.07 Å². The second kappa shape index (κ2) is 5.43. The van der Waals surface area contributed by atoms with Crippen LogP contribution in [-0.2, 0) is 6.54 Å². The molecule has 2 aromatic rings. The van der Waals surface area contributed by atoms with Crippen molar-refractivity contribution < 1.29 is 4.92 Å². The summed E-state index contributed by atoms with van der Waals surface area (Å²) in [6.45, 7) is 4.06. The van der Waals surface area contributed by atoms with Gasteiger partial charge < -0.3 is 5.32 Å². The average Bonchev–Trinajstić information content (AvgIpc) is 2.39. The number of benzene rings is 1. The number of nitrogens with zero attached hydrogens (tertiary/aromatic N) is 3. The molecule has 1 aromatic heterocycles. The Labute approximate surface area is 110 Å². The molecule has 0 amide bonds. The monoisotopic (exact) mass is 258 g/mol. The van der Waals surface area contributed by atoms with Crippen molar-refractivity contribution in [1.82, 2.24) is 9.97 Å². The van der Waals surface area contributed by atoms with E-state index >= 15 is 0 Å². The lowest BCUT2D eigenvalue weighted by molar-refractivity contribution is -0.385. The van der Waals surface area contributed by atoms with E-state index in [4.69, 9.17) is 0 Å². The number of rotatable bonds is 4. The van der Waals surface area contributed by atoms with E-state index in [-0.39, 0.29) is 10.6 Å². The molecule has 0 radical (unpaired) electrons. The van der Waals surface area contributed by atoms with Crippen molar-refractivity contribution in [2.75, 3.05) is 5.32 Å². The number of aryl methyl sites for hydroxylation is 2. The minimum absolute atomic E-state index is 0.111. The summed E-state index contributed by atoms with van der Waals surface area (Å²) in [5.41, 5.74) is 3.09. The number of aromatic nitrogens is 2. The topological polar surface area (TPSA) is 81.0 Å². The van der Waals surface area contributed by atoms with Gasteiger partial charge in [0.05, 0.1) is 29.1 Å². The van der Waals surface area contributed by atoms with Crippen molar-refractivity contribution in [2.45, 2.75) is 20.4 Å². The summed E-state index contributed by atoms with van der Waals surface area (Å²) in [5.74, 6) is 0. The molecule has 1 heterocycles. The van der Waals surface area contributed by atoms with Crippen LogP contribution in [0.1, 0.15) is 17.0 Å². The number of nitrogens with one attached hydrogen (secondary N) is 1. The first-order valence-electron chi connectivity index (χ1n) is 5.82. The Hall–Kier alpha value is -2.50. The minimum Gasteiger partial charge on any atom is -0.379 e. The maximum atomic E-state index is 10.8. The standard InChI is InChI=1S/C13H14N4O2/c1-9-3-4-11(5-13(9)17(18)19)16-8-12-7-14-10(2)6-15-12/h3-7,16H,8H2,1-2H3. The molecule has 0 atom stereocenters. The first-order valence-corrected chi connectivity index (χ1v) is 5.82. The maximum Gasteiger partial charge on any atom is 0.274 e. The molecule has 0 aliphatic heterocycles. The van der Waals surface area contributed by atoms with E-state index in [1.54, 1.807) is 25.4 Å². The molecule has 0 bridgehead atoms. The summed E-state index contributed by atoms with van der Waals surface area (Å²) in [6.07, 6.45) is 3.37. The molecule has 6 nitrogen and oxygen atoms in total. The molecule has 6 heteroatoms. The van der Waals surface area contributed by atoms with Gasteiger partial charge in [-0.2, -0.15) is 0 Å². The average molecular weight is 258 g/mol. The van der Waals surface area contributed by atoms with Crippen LogP contribution in [0.25, 0.3) is 0 Å². The van der Waals surface area contributed by atoms with Gasteiger partial charge in [-0.1, -0.05) is 6.07 Å². The Morgan fingerprint density at radius 1 is 1.26 bits per heavy atom. The maximum absolute atomic E-state index is 10.8. The van der Waals surface area contributed by atoms with Gasteiger partial charge in [0.15, 0.2) is 0 Å². The summed E-state index contributed by atoms with van der Waals surface area (Å²) in [5, 5.41) is 13.9. The van der Waals surface area contributed by atoms with Crippen LogP contribution in [0.5, 0.6) is 0 Å². The number of hydrogen-bond donors (Lipinski definition) is 1. The van der Waals surface area contributed by atoms with Gasteiger partial charge in [0.2, 0.25) is 0 Å². The highest BCUT2D eigenvalue weighted by Gasteiger charge is 2.10. The molecule has 0 saturated heterocycles. The Morgan fingerprint density at radius 3 is 2.68 bits per heavy atom. The van der Waals surface area contributed by atoms with E-state index in [0.29, 0.717) is 17.8 Å². The number of nitro groups is 1. The SMILES string of the molecule is Cc1cnc(CNc2ccc(C)c([N+](=O)[O-])c2)cn1. The summed E-state index contributed by atoms with van der Waals surface area (Å²) >= 11 is 0. The zero-order valence-electron chi connectivity index (χ0n) is 10.8. The Balaban J connectivity index is 2.09. The molecule has 19 heavy (non-hydrogen) atoms. The number of hydrogen-bond acceptors (Lipinski definition) is 5. The fraction of sp³-hybridized carbons (Fsp3) is 0.231. The fourth-order valence-corrected chi connectivity index (χ4v) is 1.62. The summed E-state index contributed by atoms with van der Waals surface area (Å²) in [6, 6.07) is 5.06. The lowest BCUT2D eigenvalue weighted by Gasteiger charge is -2.06. The quantitative estimate of drug-likeness (QED) is 0.673. The van der Waals surface area contributed by atoms with Crippen LogP contribution < -0.4 is 5.32 Å². The third-order valence-electron chi connectivity index (χ3n) is 2.71. The van der Waals surface area contributed by atoms with Gasteiger partial charge in [0.1, 0.15) is 0 Å². The van der Waals surface area contributed by atoms with Gasteiger partial charge in [-0.15, -0.1) is 0 Å². The molecule has 0 spiro atoms. The second-order valence-electron chi connectivity index (χ2n) is 4.26. The van der Waals surface area contributed by atoms with Gasteiger partial charge in [0, 0.05) is 23.5 Å². The van der Waals surface area contributed by atoms with Crippen molar-refractivity contribution in [2.24, 2.45) is 0 Å². The van der Waals surface area contributed by atoms with Gasteiger partial charge in [0.25, 0.3) is 5.69 Å². The largest absolute Gasteiger partial charge is 0.379 e. The number of nitro benzene ring substituents is 1. The van der Waals surface area contributed by atoms with E-state index < -0.39 is 0 Å². The van der Waals surface area contributed by atoms with Crippen molar-refractivity contribution in [3.63, 3.8) is 0 Å². The van der Waals surface area contributed by atoms with Crippen LogP contribution in [-0.4, -0.2) is 14.9 Å². The molecule has 1 N–H and O–H groups in total. The van der Waals surface area contributed by atoms with Gasteiger partial charge >= 0.3 is 0 Å². The highest BCUT2D eigenvalue weighted by atomic mass is 16.6. The molecule has 0 fully saturated rings. The smallest absolute Gasteiger partial charge is 0.274 e. The Bertz CT molecular complexity index is 596. The molecular weight excluding hydrogens is 244 g/mol. The van der Waals surface area contributed by atoms with Crippen molar-refractivity contribution in [3.05, 3.63) is 57.7 Å². The minimum atomic E-state index is -0.383. The lowest BCUT2D eigenvalue weighted by atomic mass is 10.2. The van der Waals surface area contributed by atoms with E-state index in [0.717, 1.165) is 11.4 Å². The van der Waals surface area contributed by atoms with Crippen molar-refractivity contribution in [3.8, 4) is 0 Å². The second-order valence-corrected chi connectivity index (χ2v) is 4.26. The van der Waals surface area contributed by atoms with Crippen molar-refractivity contribution in [1.29, 1.82) is 0 Å².